The predicted molar refractivity (Wildman–Crippen MR) is 114 cm³/mol. The summed E-state index contributed by atoms with van der Waals surface area (Å²) in [5.41, 5.74) is 1.80. The molecule has 0 bridgehead atoms. The average molecular weight is 444 g/mol. The molecular weight excluding hydrogens is 421 g/mol. The Labute approximate surface area is 184 Å². The van der Waals surface area contributed by atoms with Crippen molar-refractivity contribution in [1.82, 2.24) is 4.98 Å². The maximum Gasteiger partial charge on any atom is 0.417 e. The fourth-order valence-electron chi connectivity index (χ4n) is 3.66. The number of hydrogen-bond acceptors (Lipinski definition) is 5. The maximum atomic E-state index is 12.7. The van der Waals surface area contributed by atoms with Crippen LogP contribution >= 0.6 is 0 Å². The van der Waals surface area contributed by atoms with E-state index in [1.807, 2.05) is 49.4 Å². The van der Waals surface area contributed by atoms with Gasteiger partial charge in [-0.25, -0.2) is 4.98 Å². The number of benzene rings is 2. The molecule has 1 aliphatic rings. The van der Waals surface area contributed by atoms with Crippen LogP contribution in [-0.4, -0.2) is 29.3 Å². The first-order chi connectivity index (χ1) is 15.3. The van der Waals surface area contributed by atoms with E-state index in [2.05, 4.69) is 9.88 Å². The molecule has 1 saturated heterocycles. The third kappa shape index (κ3) is 4.96. The Bertz CT molecular complexity index is 1070. The highest BCUT2D eigenvalue weighted by Gasteiger charge is 2.31. The first-order valence-electron chi connectivity index (χ1n) is 10.3. The molecule has 1 N–H and O–H groups in total. The number of aliphatic hydroxyl groups is 1. The van der Waals surface area contributed by atoms with Crippen LogP contribution in [0.2, 0.25) is 0 Å². The first-order valence-corrected chi connectivity index (χ1v) is 10.3. The molecule has 1 atom stereocenters. The minimum absolute atomic E-state index is 0.123. The van der Waals surface area contributed by atoms with E-state index in [-0.39, 0.29) is 18.6 Å². The van der Waals surface area contributed by atoms with Crippen LogP contribution in [0.5, 0.6) is 17.4 Å². The molecule has 0 amide bonds. The maximum absolute atomic E-state index is 12.7. The number of aryl methyl sites for hydroxylation is 1. The second kappa shape index (κ2) is 9.08. The van der Waals surface area contributed by atoms with E-state index in [1.165, 1.54) is 6.07 Å². The van der Waals surface area contributed by atoms with Gasteiger partial charge in [0.2, 0.25) is 5.88 Å². The fourth-order valence-corrected chi connectivity index (χ4v) is 3.66. The molecule has 1 aromatic heterocycles. The number of halogens is 3. The highest BCUT2D eigenvalue weighted by Crippen LogP contribution is 2.33. The van der Waals surface area contributed by atoms with E-state index in [4.69, 9.17) is 9.47 Å². The topological polar surface area (TPSA) is 54.8 Å². The molecule has 1 aliphatic heterocycles. The van der Waals surface area contributed by atoms with Gasteiger partial charge in [0, 0.05) is 42.5 Å². The lowest BCUT2D eigenvalue weighted by molar-refractivity contribution is -0.137. The molecule has 2 aromatic carbocycles. The van der Waals surface area contributed by atoms with Crippen molar-refractivity contribution in [1.29, 1.82) is 0 Å². The van der Waals surface area contributed by atoms with Crippen molar-refractivity contribution in [2.45, 2.75) is 32.2 Å². The van der Waals surface area contributed by atoms with Gasteiger partial charge in [-0.15, -0.1) is 0 Å². The Morgan fingerprint density at radius 2 is 1.94 bits per heavy atom. The van der Waals surface area contributed by atoms with Crippen LogP contribution in [0.3, 0.4) is 0 Å². The number of para-hydroxylation sites is 1. The van der Waals surface area contributed by atoms with Crippen molar-refractivity contribution in [3.05, 3.63) is 77.5 Å². The summed E-state index contributed by atoms with van der Waals surface area (Å²) in [6, 6.07) is 15.4. The number of hydrogen-bond donors (Lipinski definition) is 1. The van der Waals surface area contributed by atoms with Crippen LogP contribution in [0.1, 0.15) is 23.1 Å². The SMILES string of the molecule is Cc1ccccc1Oc1ccc(CO)c(N2CCC(Oc3ccc(C(F)(F)F)cn3)C2)c1. The highest BCUT2D eigenvalue weighted by atomic mass is 19.4. The van der Waals surface area contributed by atoms with Gasteiger partial charge in [-0.1, -0.05) is 24.3 Å². The second-order valence-corrected chi connectivity index (χ2v) is 7.67. The number of nitrogens with zero attached hydrogens (tertiary/aromatic N) is 2. The number of pyridine rings is 1. The number of ether oxygens (including phenoxy) is 2. The molecule has 0 saturated carbocycles. The van der Waals surface area contributed by atoms with Gasteiger partial charge in [-0.3, -0.25) is 0 Å². The van der Waals surface area contributed by atoms with Crippen molar-refractivity contribution in [3.8, 4) is 17.4 Å². The molecule has 0 spiro atoms. The van der Waals surface area contributed by atoms with Gasteiger partial charge >= 0.3 is 6.18 Å². The quantitative estimate of drug-likeness (QED) is 0.555. The van der Waals surface area contributed by atoms with Crippen molar-refractivity contribution < 1.29 is 27.8 Å². The van der Waals surface area contributed by atoms with Crippen molar-refractivity contribution >= 4 is 5.69 Å². The molecule has 0 radical (unpaired) electrons. The van der Waals surface area contributed by atoms with E-state index in [1.54, 1.807) is 0 Å². The van der Waals surface area contributed by atoms with Crippen LogP contribution in [0, 0.1) is 6.92 Å². The number of aliphatic hydroxyl groups excluding tert-OH is 1. The van der Waals surface area contributed by atoms with Crippen LogP contribution in [0.4, 0.5) is 18.9 Å². The lowest BCUT2D eigenvalue weighted by atomic mass is 10.1. The van der Waals surface area contributed by atoms with Gasteiger partial charge in [0.05, 0.1) is 18.7 Å². The fraction of sp³-hybridized carbons (Fsp3) is 0.292. The van der Waals surface area contributed by atoms with Gasteiger partial charge in [0.25, 0.3) is 0 Å². The van der Waals surface area contributed by atoms with Gasteiger partial charge in [-0.2, -0.15) is 13.2 Å². The molecule has 0 aliphatic carbocycles. The third-order valence-corrected chi connectivity index (χ3v) is 5.39. The predicted octanol–water partition coefficient (Wildman–Crippen LogP) is 5.35. The third-order valence-electron chi connectivity index (χ3n) is 5.39. The van der Waals surface area contributed by atoms with Crippen molar-refractivity contribution in [2.75, 3.05) is 18.0 Å². The molecule has 1 unspecified atom stereocenters. The minimum atomic E-state index is -4.43. The summed E-state index contributed by atoms with van der Waals surface area (Å²) in [7, 11) is 0. The summed E-state index contributed by atoms with van der Waals surface area (Å²) >= 11 is 0. The lowest BCUT2D eigenvalue weighted by Crippen LogP contribution is -2.25. The van der Waals surface area contributed by atoms with Crippen LogP contribution in [0.25, 0.3) is 0 Å². The highest BCUT2D eigenvalue weighted by molar-refractivity contribution is 5.58. The smallest absolute Gasteiger partial charge is 0.417 e. The van der Waals surface area contributed by atoms with Gasteiger partial charge in [0.15, 0.2) is 0 Å². The zero-order valence-electron chi connectivity index (χ0n) is 17.5. The van der Waals surface area contributed by atoms with E-state index in [0.29, 0.717) is 25.3 Å². The summed E-state index contributed by atoms with van der Waals surface area (Å²) in [6.07, 6.45) is -3.21. The largest absolute Gasteiger partial charge is 0.472 e. The Morgan fingerprint density at radius 1 is 1.12 bits per heavy atom. The normalized spacial score (nSPS) is 16.3. The molecule has 3 aromatic rings. The van der Waals surface area contributed by atoms with E-state index < -0.39 is 11.7 Å². The Kier molecular flexibility index (Phi) is 6.23. The molecule has 8 heteroatoms. The van der Waals surface area contributed by atoms with Gasteiger partial charge in [-0.05, 0) is 30.7 Å². The summed E-state index contributed by atoms with van der Waals surface area (Å²) in [5.74, 6) is 1.57. The molecule has 1 fully saturated rings. The number of aromatic nitrogens is 1. The molecule has 32 heavy (non-hydrogen) atoms. The number of anilines is 1. The molecule has 2 heterocycles. The van der Waals surface area contributed by atoms with Crippen LogP contribution < -0.4 is 14.4 Å². The molecule has 4 rings (SSSR count). The van der Waals surface area contributed by atoms with Crippen LogP contribution in [0.15, 0.2) is 60.8 Å². The van der Waals surface area contributed by atoms with E-state index in [9.17, 15) is 18.3 Å². The zero-order valence-corrected chi connectivity index (χ0v) is 17.5. The van der Waals surface area contributed by atoms with Gasteiger partial charge in [0.1, 0.15) is 17.6 Å². The number of alkyl halides is 3. The molecule has 168 valence electrons. The zero-order chi connectivity index (χ0) is 22.7. The first kappa shape index (κ1) is 22.0. The minimum Gasteiger partial charge on any atom is -0.472 e. The van der Waals surface area contributed by atoms with Crippen LogP contribution in [-0.2, 0) is 12.8 Å². The van der Waals surface area contributed by atoms with E-state index >= 15 is 0 Å². The summed E-state index contributed by atoms with van der Waals surface area (Å²) in [5, 5.41) is 9.80. The Hall–Kier alpha value is -3.26. The van der Waals surface area contributed by atoms with Crippen molar-refractivity contribution in [3.63, 3.8) is 0 Å². The molecule has 5 nitrogen and oxygen atoms in total. The Balaban J connectivity index is 1.46. The summed E-state index contributed by atoms with van der Waals surface area (Å²) in [6.45, 7) is 3.04. The monoisotopic (exact) mass is 444 g/mol. The Morgan fingerprint density at radius 3 is 2.62 bits per heavy atom. The average Bonchev–Trinajstić information content (AvgIpc) is 3.23. The number of rotatable bonds is 6. The standard InChI is InChI=1S/C24H23F3N2O3/c1-16-4-2-3-5-22(16)31-19-8-6-17(15-30)21(12-19)29-11-10-20(14-29)32-23-9-7-18(13-28-23)24(25,26)27/h2-9,12-13,20,30H,10-11,14-15H2,1H3. The van der Waals surface area contributed by atoms with Crippen molar-refractivity contribution in [2.24, 2.45) is 0 Å². The summed E-state index contributed by atoms with van der Waals surface area (Å²) < 4.78 is 50.0. The second-order valence-electron chi connectivity index (χ2n) is 7.67. The summed E-state index contributed by atoms with van der Waals surface area (Å²) in [4.78, 5) is 5.86. The molecular formula is C24H23F3N2O3. The lowest BCUT2D eigenvalue weighted by Gasteiger charge is -2.22. The van der Waals surface area contributed by atoms with Gasteiger partial charge < -0.3 is 19.5 Å². The van der Waals surface area contributed by atoms with E-state index in [0.717, 1.165) is 34.8 Å².